The molecular weight excluding hydrogens is 232 g/mol. The van der Waals surface area contributed by atoms with Crippen molar-refractivity contribution in [3.8, 4) is 11.5 Å². The number of carbonyl (C=O) groups is 1. The van der Waals surface area contributed by atoms with Gasteiger partial charge in [0.1, 0.15) is 11.5 Å². The Bertz CT molecular complexity index is 555. The number of hydrogen-bond acceptors (Lipinski definition) is 5. The number of rotatable bonds is 4. The molecule has 5 heteroatoms. The van der Waals surface area contributed by atoms with Crippen LogP contribution in [0.3, 0.4) is 0 Å². The predicted octanol–water partition coefficient (Wildman–Crippen LogP) is 1.72. The lowest BCUT2D eigenvalue weighted by Gasteiger charge is -2.08. The Morgan fingerprint density at radius 3 is 2.44 bits per heavy atom. The van der Waals surface area contributed by atoms with Crippen LogP contribution in [0.15, 0.2) is 36.7 Å². The molecule has 0 saturated carbocycles. The Morgan fingerprint density at radius 1 is 1.11 bits per heavy atom. The molecule has 18 heavy (non-hydrogen) atoms. The van der Waals surface area contributed by atoms with E-state index in [2.05, 4.69) is 9.97 Å². The van der Waals surface area contributed by atoms with Gasteiger partial charge in [0, 0.05) is 12.4 Å². The Kier molecular flexibility index (Phi) is 3.52. The van der Waals surface area contributed by atoms with Crippen molar-refractivity contribution in [2.75, 3.05) is 14.2 Å². The van der Waals surface area contributed by atoms with Crippen LogP contribution in [-0.2, 0) is 0 Å². The zero-order valence-corrected chi connectivity index (χ0v) is 10.1. The monoisotopic (exact) mass is 244 g/mol. The molecule has 1 heterocycles. The van der Waals surface area contributed by atoms with Crippen LogP contribution >= 0.6 is 0 Å². The molecule has 1 aromatic heterocycles. The molecular formula is C13H12N2O3. The number of methoxy groups -OCH3 is 2. The first-order chi connectivity index (χ1) is 8.76. The van der Waals surface area contributed by atoms with Crippen LogP contribution in [0.1, 0.15) is 16.2 Å². The summed E-state index contributed by atoms with van der Waals surface area (Å²) in [6.45, 7) is 0. The summed E-state index contributed by atoms with van der Waals surface area (Å²) in [6, 6.07) is 6.66. The third-order valence-corrected chi connectivity index (χ3v) is 2.42. The van der Waals surface area contributed by atoms with Gasteiger partial charge in [-0.25, -0.2) is 9.97 Å². The summed E-state index contributed by atoms with van der Waals surface area (Å²) in [4.78, 5) is 20.1. The minimum Gasteiger partial charge on any atom is -0.497 e. The number of ketones is 1. The highest BCUT2D eigenvalue weighted by molar-refractivity contribution is 6.08. The molecule has 0 atom stereocenters. The second-order valence-electron chi connectivity index (χ2n) is 3.47. The topological polar surface area (TPSA) is 61.3 Å². The van der Waals surface area contributed by atoms with E-state index in [1.807, 2.05) is 0 Å². The van der Waals surface area contributed by atoms with E-state index in [-0.39, 0.29) is 11.6 Å². The molecule has 1 aromatic carbocycles. The standard InChI is InChI=1S/C13H12N2O3/c1-17-9-4-5-11(18-2)10(8-9)12(16)13-14-6-3-7-15-13/h3-8H,1-2H3. The van der Waals surface area contributed by atoms with Gasteiger partial charge in [0.25, 0.3) is 0 Å². The molecule has 2 rings (SSSR count). The van der Waals surface area contributed by atoms with E-state index in [9.17, 15) is 4.79 Å². The minimum atomic E-state index is -0.300. The highest BCUT2D eigenvalue weighted by Crippen LogP contribution is 2.25. The summed E-state index contributed by atoms with van der Waals surface area (Å²) in [5.74, 6) is 0.874. The molecule has 0 saturated heterocycles. The van der Waals surface area contributed by atoms with Crippen molar-refractivity contribution in [2.45, 2.75) is 0 Å². The summed E-state index contributed by atoms with van der Waals surface area (Å²) in [6.07, 6.45) is 3.04. The van der Waals surface area contributed by atoms with Crippen LogP contribution in [0.25, 0.3) is 0 Å². The van der Waals surface area contributed by atoms with Crippen LogP contribution in [-0.4, -0.2) is 30.0 Å². The van der Waals surface area contributed by atoms with Gasteiger partial charge in [-0.1, -0.05) is 0 Å². The van der Waals surface area contributed by atoms with Crippen LogP contribution in [0.2, 0.25) is 0 Å². The fraction of sp³-hybridized carbons (Fsp3) is 0.154. The molecule has 0 N–H and O–H groups in total. The number of nitrogens with zero attached hydrogens (tertiary/aromatic N) is 2. The lowest BCUT2D eigenvalue weighted by Crippen LogP contribution is -2.08. The molecule has 0 unspecified atom stereocenters. The first-order valence-electron chi connectivity index (χ1n) is 5.30. The van der Waals surface area contributed by atoms with Gasteiger partial charge < -0.3 is 9.47 Å². The van der Waals surface area contributed by atoms with Gasteiger partial charge in [-0.15, -0.1) is 0 Å². The van der Waals surface area contributed by atoms with Gasteiger partial charge >= 0.3 is 0 Å². The summed E-state index contributed by atoms with van der Waals surface area (Å²) < 4.78 is 10.2. The van der Waals surface area contributed by atoms with Gasteiger partial charge in [0.15, 0.2) is 0 Å². The first kappa shape index (κ1) is 12.0. The fourth-order valence-electron chi connectivity index (χ4n) is 1.53. The molecule has 5 nitrogen and oxygen atoms in total. The van der Waals surface area contributed by atoms with Crippen molar-refractivity contribution in [3.63, 3.8) is 0 Å². The number of hydrogen-bond donors (Lipinski definition) is 0. The zero-order chi connectivity index (χ0) is 13.0. The number of benzene rings is 1. The van der Waals surface area contributed by atoms with E-state index >= 15 is 0 Å². The van der Waals surface area contributed by atoms with Crippen LogP contribution in [0, 0.1) is 0 Å². The van der Waals surface area contributed by atoms with E-state index < -0.39 is 0 Å². The van der Waals surface area contributed by atoms with Crippen LogP contribution in [0.5, 0.6) is 11.5 Å². The molecule has 0 aliphatic rings. The maximum atomic E-state index is 12.2. The molecule has 92 valence electrons. The van der Waals surface area contributed by atoms with Crippen molar-refractivity contribution >= 4 is 5.78 Å². The third-order valence-electron chi connectivity index (χ3n) is 2.42. The fourth-order valence-corrected chi connectivity index (χ4v) is 1.53. The Morgan fingerprint density at radius 2 is 1.83 bits per heavy atom. The molecule has 2 aromatic rings. The smallest absolute Gasteiger partial charge is 0.234 e. The molecule has 0 fully saturated rings. The van der Waals surface area contributed by atoms with Crippen LogP contribution < -0.4 is 9.47 Å². The maximum Gasteiger partial charge on any atom is 0.234 e. The Balaban J connectivity index is 2.46. The summed E-state index contributed by atoms with van der Waals surface area (Å²) >= 11 is 0. The normalized spacial score (nSPS) is 9.89. The van der Waals surface area contributed by atoms with E-state index in [1.54, 1.807) is 24.3 Å². The van der Waals surface area contributed by atoms with E-state index in [0.29, 0.717) is 17.1 Å². The van der Waals surface area contributed by atoms with Gasteiger partial charge in [-0.05, 0) is 24.3 Å². The minimum absolute atomic E-state index is 0.129. The van der Waals surface area contributed by atoms with E-state index in [4.69, 9.17) is 9.47 Å². The molecule has 0 spiro atoms. The second kappa shape index (κ2) is 5.27. The van der Waals surface area contributed by atoms with Gasteiger partial charge in [0.05, 0.1) is 19.8 Å². The molecule has 0 bridgehead atoms. The summed E-state index contributed by atoms with van der Waals surface area (Å²) in [7, 11) is 3.04. The lowest BCUT2D eigenvalue weighted by atomic mass is 10.1. The van der Waals surface area contributed by atoms with Crippen molar-refractivity contribution in [1.82, 2.24) is 9.97 Å². The average Bonchev–Trinajstić information content (AvgIpc) is 2.46. The molecule has 0 radical (unpaired) electrons. The quantitative estimate of drug-likeness (QED) is 0.766. The summed E-state index contributed by atoms with van der Waals surface area (Å²) in [5.41, 5.74) is 0.378. The lowest BCUT2D eigenvalue weighted by molar-refractivity contribution is 0.102. The maximum absolute atomic E-state index is 12.2. The molecule has 0 amide bonds. The first-order valence-corrected chi connectivity index (χ1v) is 5.30. The number of aromatic nitrogens is 2. The van der Waals surface area contributed by atoms with Gasteiger partial charge in [-0.2, -0.15) is 0 Å². The average molecular weight is 244 g/mol. The predicted molar refractivity (Wildman–Crippen MR) is 65.0 cm³/mol. The van der Waals surface area contributed by atoms with Crippen molar-refractivity contribution in [1.29, 1.82) is 0 Å². The van der Waals surface area contributed by atoms with E-state index in [1.165, 1.54) is 26.6 Å². The van der Waals surface area contributed by atoms with Gasteiger partial charge in [-0.3, -0.25) is 4.79 Å². The zero-order valence-electron chi connectivity index (χ0n) is 10.1. The molecule has 0 aliphatic heterocycles. The second-order valence-corrected chi connectivity index (χ2v) is 3.47. The van der Waals surface area contributed by atoms with E-state index in [0.717, 1.165) is 0 Å². The molecule has 0 aliphatic carbocycles. The third kappa shape index (κ3) is 2.29. The van der Waals surface area contributed by atoms with Crippen molar-refractivity contribution in [2.24, 2.45) is 0 Å². The highest BCUT2D eigenvalue weighted by atomic mass is 16.5. The highest BCUT2D eigenvalue weighted by Gasteiger charge is 2.17. The SMILES string of the molecule is COc1ccc(OC)c(C(=O)c2ncccn2)c1. The Labute approximate surface area is 104 Å². The number of carbonyl (C=O) groups excluding carboxylic acids is 1. The van der Waals surface area contributed by atoms with Crippen molar-refractivity contribution in [3.05, 3.63) is 48.0 Å². The summed E-state index contributed by atoms with van der Waals surface area (Å²) in [5, 5.41) is 0. The Hall–Kier alpha value is -2.43. The van der Waals surface area contributed by atoms with Crippen molar-refractivity contribution < 1.29 is 14.3 Å². The number of ether oxygens (including phenoxy) is 2. The van der Waals surface area contributed by atoms with Gasteiger partial charge in [0.2, 0.25) is 11.6 Å². The largest absolute Gasteiger partial charge is 0.497 e. The van der Waals surface area contributed by atoms with Crippen LogP contribution in [0.4, 0.5) is 0 Å².